The molecule has 0 radical (unpaired) electrons. The van der Waals surface area contributed by atoms with E-state index in [2.05, 4.69) is 10.7 Å². The van der Waals surface area contributed by atoms with Crippen LogP contribution in [0.4, 0.5) is 0 Å². The van der Waals surface area contributed by atoms with Crippen LogP contribution in [-0.2, 0) is 14.3 Å². The minimum atomic E-state index is -0.525. The Morgan fingerprint density at radius 3 is 2.78 bits per heavy atom. The average Bonchev–Trinajstić information content (AvgIpc) is 2.43. The fourth-order valence-corrected chi connectivity index (χ4v) is 2.35. The molecular formula is C11H22N4O3. The first-order valence-corrected chi connectivity index (χ1v) is 6.12. The second-order valence-corrected chi connectivity index (χ2v) is 4.34. The summed E-state index contributed by atoms with van der Waals surface area (Å²) in [6.45, 7) is 0.913. The molecule has 104 valence electrons. The number of nitrogens with one attached hydrogen (secondary N) is 2. The van der Waals surface area contributed by atoms with Gasteiger partial charge in [0, 0.05) is 14.2 Å². The van der Waals surface area contributed by atoms with Crippen molar-refractivity contribution >= 4 is 11.8 Å². The van der Waals surface area contributed by atoms with Crippen LogP contribution in [0, 0.1) is 0 Å². The van der Waals surface area contributed by atoms with E-state index in [1.54, 1.807) is 7.05 Å². The molecule has 7 nitrogen and oxygen atoms in total. The van der Waals surface area contributed by atoms with Crippen molar-refractivity contribution in [3.63, 3.8) is 0 Å². The number of carbonyl (C=O) groups is 2. The molecule has 0 aromatic heterocycles. The highest BCUT2D eigenvalue weighted by Gasteiger charge is 2.36. The molecule has 2 unspecified atom stereocenters. The zero-order valence-electron chi connectivity index (χ0n) is 10.9. The van der Waals surface area contributed by atoms with Crippen LogP contribution in [-0.4, -0.2) is 56.1 Å². The lowest BCUT2D eigenvalue weighted by atomic mass is 9.99. The third kappa shape index (κ3) is 3.41. The molecule has 1 heterocycles. The summed E-state index contributed by atoms with van der Waals surface area (Å²) in [5.41, 5.74) is 2.13. The third-order valence-electron chi connectivity index (χ3n) is 3.26. The number of nitrogens with zero attached hydrogens (tertiary/aromatic N) is 1. The van der Waals surface area contributed by atoms with Gasteiger partial charge in [-0.2, -0.15) is 0 Å². The van der Waals surface area contributed by atoms with Gasteiger partial charge in [0.05, 0.1) is 12.6 Å². The Kier molecular flexibility index (Phi) is 6.03. The first-order valence-electron chi connectivity index (χ1n) is 6.12. The van der Waals surface area contributed by atoms with Gasteiger partial charge < -0.3 is 10.1 Å². The maximum Gasteiger partial charge on any atom is 0.253 e. The van der Waals surface area contributed by atoms with E-state index in [4.69, 9.17) is 10.6 Å². The van der Waals surface area contributed by atoms with Gasteiger partial charge in [0.1, 0.15) is 6.04 Å². The molecule has 1 saturated heterocycles. The van der Waals surface area contributed by atoms with Crippen LogP contribution in [0.3, 0.4) is 0 Å². The molecule has 1 fully saturated rings. The van der Waals surface area contributed by atoms with Crippen molar-refractivity contribution in [1.29, 1.82) is 0 Å². The Balaban J connectivity index is 2.84. The number of nitrogens with two attached hydrogens (primary N) is 1. The highest BCUT2D eigenvalue weighted by Crippen LogP contribution is 2.20. The number of piperidine rings is 1. The molecule has 2 atom stereocenters. The minimum absolute atomic E-state index is 0.0689. The topological polar surface area (TPSA) is 96.7 Å². The standard InChI is InChI=1S/C11H22N4O3/c1-13-10(16)8-5-3-4-6-15(8)9(7-18-2)11(17)14-12/h8-9H,3-7,12H2,1-2H3,(H,13,16)(H,14,17). The minimum Gasteiger partial charge on any atom is -0.383 e. The Labute approximate surface area is 107 Å². The molecule has 18 heavy (non-hydrogen) atoms. The third-order valence-corrected chi connectivity index (χ3v) is 3.26. The van der Waals surface area contributed by atoms with Gasteiger partial charge in [-0.25, -0.2) is 5.84 Å². The van der Waals surface area contributed by atoms with E-state index in [0.717, 1.165) is 19.3 Å². The van der Waals surface area contributed by atoms with Gasteiger partial charge in [-0.3, -0.25) is 19.9 Å². The number of hydrogen-bond donors (Lipinski definition) is 3. The van der Waals surface area contributed by atoms with E-state index in [9.17, 15) is 9.59 Å². The molecule has 0 bridgehead atoms. The number of ether oxygens (including phenoxy) is 1. The van der Waals surface area contributed by atoms with E-state index < -0.39 is 6.04 Å². The fourth-order valence-electron chi connectivity index (χ4n) is 2.35. The second-order valence-electron chi connectivity index (χ2n) is 4.34. The predicted molar refractivity (Wildman–Crippen MR) is 66.4 cm³/mol. The molecule has 0 saturated carbocycles. The SMILES string of the molecule is CNC(=O)C1CCCCN1C(COC)C(=O)NN. The summed E-state index contributed by atoms with van der Waals surface area (Å²) in [6.07, 6.45) is 2.70. The Bertz CT molecular complexity index is 298. The van der Waals surface area contributed by atoms with Crippen LogP contribution in [0.15, 0.2) is 0 Å². The summed E-state index contributed by atoms with van der Waals surface area (Å²) in [5.74, 6) is 4.79. The lowest BCUT2D eigenvalue weighted by molar-refractivity contribution is -0.136. The zero-order chi connectivity index (χ0) is 13.5. The molecule has 7 heteroatoms. The van der Waals surface area contributed by atoms with Crippen LogP contribution in [0.25, 0.3) is 0 Å². The molecule has 1 rings (SSSR count). The number of hydrazine groups is 1. The molecule has 4 N–H and O–H groups in total. The van der Waals surface area contributed by atoms with Gasteiger partial charge >= 0.3 is 0 Å². The molecular weight excluding hydrogens is 236 g/mol. The van der Waals surface area contributed by atoms with Crippen molar-refractivity contribution in [3.05, 3.63) is 0 Å². The highest BCUT2D eigenvalue weighted by molar-refractivity contribution is 5.85. The van der Waals surface area contributed by atoms with Gasteiger partial charge in [0.15, 0.2) is 0 Å². The zero-order valence-corrected chi connectivity index (χ0v) is 10.9. The fraction of sp³-hybridized carbons (Fsp3) is 0.818. The van der Waals surface area contributed by atoms with Gasteiger partial charge in [-0.1, -0.05) is 6.42 Å². The van der Waals surface area contributed by atoms with Crippen molar-refractivity contribution in [3.8, 4) is 0 Å². The number of likely N-dealkylation sites (N-methyl/N-ethyl adjacent to an activating group) is 1. The highest BCUT2D eigenvalue weighted by atomic mass is 16.5. The molecule has 0 aromatic carbocycles. The summed E-state index contributed by atoms with van der Waals surface area (Å²) in [5, 5.41) is 2.63. The summed E-state index contributed by atoms with van der Waals surface area (Å²) < 4.78 is 5.05. The lowest BCUT2D eigenvalue weighted by Gasteiger charge is -2.38. The van der Waals surface area contributed by atoms with Crippen molar-refractivity contribution in [1.82, 2.24) is 15.6 Å². The van der Waals surface area contributed by atoms with Gasteiger partial charge in [-0.15, -0.1) is 0 Å². The number of likely N-dealkylation sites (tertiary alicyclic amines) is 1. The summed E-state index contributed by atoms with van der Waals surface area (Å²) in [7, 11) is 3.12. The number of rotatable bonds is 5. The summed E-state index contributed by atoms with van der Waals surface area (Å²) in [4.78, 5) is 25.5. The molecule has 0 aliphatic carbocycles. The van der Waals surface area contributed by atoms with Crippen molar-refractivity contribution < 1.29 is 14.3 Å². The number of carbonyl (C=O) groups excluding carboxylic acids is 2. The van der Waals surface area contributed by atoms with Crippen molar-refractivity contribution in [2.45, 2.75) is 31.3 Å². The normalized spacial score (nSPS) is 22.3. The summed E-state index contributed by atoms with van der Waals surface area (Å²) >= 11 is 0. The molecule has 0 aromatic rings. The number of hydrogen-bond acceptors (Lipinski definition) is 5. The quantitative estimate of drug-likeness (QED) is 0.320. The number of amides is 2. The maximum atomic E-state index is 11.8. The van der Waals surface area contributed by atoms with E-state index in [1.165, 1.54) is 7.11 Å². The van der Waals surface area contributed by atoms with Crippen LogP contribution >= 0.6 is 0 Å². The van der Waals surface area contributed by atoms with Gasteiger partial charge in [-0.05, 0) is 19.4 Å². The predicted octanol–water partition coefficient (Wildman–Crippen LogP) is -1.41. The Morgan fingerprint density at radius 2 is 2.22 bits per heavy atom. The van der Waals surface area contributed by atoms with E-state index in [1.807, 2.05) is 4.90 Å². The van der Waals surface area contributed by atoms with E-state index in [0.29, 0.717) is 6.54 Å². The van der Waals surface area contributed by atoms with Crippen LogP contribution in [0.1, 0.15) is 19.3 Å². The largest absolute Gasteiger partial charge is 0.383 e. The van der Waals surface area contributed by atoms with E-state index in [-0.39, 0.29) is 24.5 Å². The molecule has 2 amide bonds. The molecule has 1 aliphatic rings. The van der Waals surface area contributed by atoms with Crippen molar-refractivity contribution in [2.75, 3.05) is 27.3 Å². The van der Waals surface area contributed by atoms with E-state index >= 15 is 0 Å². The first-order chi connectivity index (χ1) is 8.65. The number of methoxy groups -OCH3 is 1. The Hall–Kier alpha value is -1.18. The van der Waals surface area contributed by atoms with Gasteiger partial charge in [0.2, 0.25) is 5.91 Å². The smallest absolute Gasteiger partial charge is 0.253 e. The maximum absolute atomic E-state index is 11.8. The molecule has 0 spiro atoms. The van der Waals surface area contributed by atoms with Crippen LogP contribution < -0.4 is 16.6 Å². The molecule has 1 aliphatic heterocycles. The monoisotopic (exact) mass is 258 g/mol. The van der Waals surface area contributed by atoms with Crippen LogP contribution in [0.2, 0.25) is 0 Å². The summed E-state index contributed by atoms with van der Waals surface area (Å²) in [6, 6.07) is -0.816. The van der Waals surface area contributed by atoms with Crippen LogP contribution in [0.5, 0.6) is 0 Å². The van der Waals surface area contributed by atoms with Gasteiger partial charge in [0.25, 0.3) is 5.91 Å². The second kappa shape index (κ2) is 7.30. The average molecular weight is 258 g/mol. The van der Waals surface area contributed by atoms with Crippen molar-refractivity contribution in [2.24, 2.45) is 5.84 Å². The Morgan fingerprint density at radius 1 is 1.50 bits per heavy atom. The first kappa shape index (κ1) is 14.9. The lowest BCUT2D eigenvalue weighted by Crippen LogP contribution is -2.59.